The van der Waals surface area contributed by atoms with Gasteiger partial charge in [0.15, 0.2) is 0 Å². The van der Waals surface area contributed by atoms with Gasteiger partial charge in [0.2, 0.25) is 11.4 Å². The summed E-state index contributed by atoms with van der Waals surface area (Å²) in [5.74, 6) is -1.99. The SMILES string of the molecule is CC(O)(C(N)=O)C(=O)C1(O)CCCCC1. The molecule has 1 fully saturated rings. The van der Waals surface area contributed by atoms with Gasteiger partial charge in [-0.3, -0.25) is 9.59 Å². The van der Waals surface area contributed by atoms with Crippen LogP contribution >= 0.6 is 0 Å². The fraction of sp³-hybridized carbons (Fsp3) is 0.800. The number of primary amides is 1. The number of hydrogen-bond donors (Lipinski definition) is 3. The number of aliphatic hydroxyl groups is 2. The molecule has 0 heterocycles. The number of Topliss-reactive ketones (excluding diaryl/α,β-unsaturated/α-hetero) is 1. The largest absolute Gasteiger partial charge is 0.382 e. The summed E-state index contributed by atoms with van der Waals surface area (Å²) in [4.78, 5) is 22.7. The van der Waals surface area contributed by atoms with Crippen molar-refractivity contribution in [2.24, 2.45) is 5.73 Å². The summed E-state index contributed by atoms with van der Waals surface area (Å²) in [6.45, 7) is 1.03. The van der Waals surface area contributed by atoms with E-state index in [0.717, 1.165) is 26.2 Å². The summed E-state index contributed by atoms with van der Waals surface area (Å²) in [7, 11) is 0. The summed E-state index contributed by atoms with van der Waals surface area (Å²) >= 11 is 0. The number of carbonyl (C=O) groups excluding carboxylic acids is 2. The van der Waals surface area contributed by atoms with E-state index in [1.807, 2.05) is 0 Å². The topological polar surface area (TPSA) is 101 Å². The minimum atomic E-state index is -2.27. The summed E-state index contributed by atoms with van der Waals surface area (Å²) in [6.07, 6.45) is 2.97. The zero-order valence-electron chi connectivity index (χ0n) is 8.82. The van der Waals surface area contributed by atoms with Crippen molar-refractivity contribution in [1.82, 2.24) is 0 Å². The fourth-order valence-electron chi connectivity index (χ4n) is 1.93. The van der Waals surface area contributed by atoms with E-state index in [1.165, 1.54) is 0 Å². The van der Waals surface area contributed by atoms with Crippen molar-refractivity contribution in [2.75, 3.05) is 0 Å². The van der Waals surface area contributed by atoms with E-state index in [4.69, 9.17) is 5.73 Å². The maximum absolute atomic E-state index is 11.8. The van der Waals surface area contributed by atoms with Gasteiger partial charge in [0.1, 0.15) is 5.60 Å². The second kappa shape index (κ2) is 3.90. The van der Waals surface area contributed by atoms with Gasteiger partial charge in [-0.05, 0) is 19.8 Å². The molecule has 0 aromatic heterocycles. The van der Waals surface area contributed by atoms with Gasteiger partial charge in [0.05, 0.1) is 0 Å². The first-order valence-corrected chi connectivity index (χ1v) is 5.10. The molecule has 4 N–H and O–H groups in total. The third kappa shape index (κ3) is 2.18. The molecule has 1 unspecified atom stereocenters. The second-order valence-electron chi connectivity index (χ2n) is 4.36. The van der Waals surface area contributed by atoms with Gasteiger partial charge >= 0.3 is 0 Å². The molecule has 0 aromatic carbocycles. The Labute approximate surface area is 88.3 Å². The van der Waals surface area contributed by atoms with Gasteiger partial charge in [-0.25, -0.2) is 0 Å². The maximum Gasteiger partial charge on any atom is 0.256 e. The molecule has 5 nitrogen and oxygen atoms in total. The number of carbonyl (C=O) groups is 2. The molecule has 1 rings (SSSR count). The molecule has 1 aliphatic rings. The zero-order valence-corrected chi connectivity index (χ0v) is 8.82. The third-order valence-electron chi connectivity index (χ3n) is 3.03. The Hall–Kier alpha value is -0.940. The van der Waals surface area contributed by atoms with Crippen molar-refractivity contribution >= 4 is 11.7 Å². The van der Waals surface area contributed by atoms with Crippen molar-refractivity contribution in [3.63, 3.8) is 0 Å². The van der Waals surface area contributed by atoms with Crippen LogP contribution < -0.4 is 5.73 Å². The Bertz CT molecular complexity index is 279. The van der Waals surface area contributed by atoms with Gasteiger partial charge in [0, 0.05) is 0 Å². The minimum absolute atomic E-state index is 0.287. The molecular weight excluding hydrogens is 198 g/mol. The van der Waals surface area contributed by atoms with Gasteiger partial charge in [-0.15, -0.1) is 0 Å². The summed E-state index contributed by atoms with van der Waals surface area (Å²) in [6, 6.07) is 0. The first-order chi connectivity index (χ1) is 6.81. The lowest BCUT2D eigenvalue weighted by Crippen LogP contribution is -2.58. The number of rotatable bonds is 3. The highest BCUT2D eigenvalue weighted by Crippen LogP contribution is 2.31. The predicted octanol–water partition coefficient (Wildman–Crippen LogP) is -0.513. The fourth-order valence-corrected chi connectivity index (χ4v) is 1.93. The average molecular weight is 215 g/mol. The van der Waals surface area contributed by atoms with Crippen LogP contribution in [0.15, 0.2) is 0 Å². The number of ketones is 1. The number of hydrogen-bond acceptors (Lipinski definition) is 4. The third-order valence-corrected chi connectivity index (χ3v) is 3.03. The molecule has 1 amide bonds. The quantitative estimate of drug-likeness (QED) is 0.552. The van der Waals surface area contributed by atoms with Gasteiger partial charge in [-0.1, -0.05) is 19.3 Å². The molecule has 15 heavy (non-hydrogen) atoms. The van der Waals surface area contributed by atoms with E-state index < -0.39 is 22.9 Å². The van der Waals surface area contributed by atoms with E-state index in [1.54, 1.807) is 0 Å². The minimum Gasteiger partial charge on any atom is -0.382 e. The highest BCUT2D eigenvalue weighted by Gasteiger charge is 2.49. The van der Waals surface area contributed by atoms with E-state index >= 15 is 0 Å². The van der Waals surface area contributed by atoms with Crippen LogP contribution in [0, 0.1) is 0 Å². The first-order valence-electron chi connectivity index (χ1n) is 5.10. The number of amides is 1. The Morgan fingerprint density at radius 3 is 2.13 bits per heavy atom. The normalized spacial score (nSPS) is 24.2. The van der Waals surface area contributed by atoms with E-state index in [0.29, 0.717) is 0 Å². The highest BCUT2D eigenvalue weighted by atomic mass is 16.3. The standard InChI is InChI=1S/C10H17NO4/c1-9(14,8(11)13)7(12)10(15)5-3-2-4-6-10/h14-15H,2-6H2,1H3,(H2,11,13). The van der Waals surface area contributed by atoms with Gasteiger partial charge in [0.25, 0.3) is 5.91 Å². The monoisotopic (exact) mass is 215 g/mol. The summed E-state index contributed by atoms with van der Waals surface area (Å²) in [5, 5.41) is 19.6. The van der Waals surface area contributed by atoms with E-state index in [9.17, 15) is 19.8 Å². The molecular formula is C10H17NO4. The van der Waals surface area contributed by atoms with Crippen LogP contribution in [0.2, 0.25) is 0 Å². The lowest BCUT2D eigenvalue weighted by molar-refractivity contribution is -0.164. The van der Waals surface area contributed by atoms with Crippen LogP contribution in [-0.4, -0.2) is 33.1 Å². The Kier molecular flexibility index (Phi) is 3.16. The molecule has 0 aliphatic heterocycles. The maximum atomic E-state index is 11.8. The highest BCUT2D eigenvalue weighted by molar-refractivity contribution is 6.11. The molecule has 5 heteroatoms. The molecule has 1 atom stereocenters. The predicted molar refractivity (Wildman–Crippen MR) is 52.9 cm³/mol. The van der Waals surface area contributed by atoms with Crippen LogP contribution in [0.5, 0.6) is 0 Å². The van der Waals surface area contributed by atoms with E-state index in [-0.39, 0.29) is 12.8 Å². The molecule has 0 bridgehead atoms. The van der Waals surface area contributed by atoms with Gasteiger partial charge < -0.3 is 15.9 Å². The molecule has 0 aromatic rings. The van der Waals surface area contributed by atoms with Crippen LogP contribution in [0.4, 0.5) is 0 Å². The smallest absolute Gasteiger partial charge is 0.256 e. The Balaban J connectivity index is 2.87. The molecule has 0 saturated heterocycles. The molecule has 1 aliphatic carbocycles. The lowest BCUT2D eigenvalue weighted by atomic mass is 9.76. The molecule has 1 saturated carbocycles. The Morgan fingerprint density at radius 2 is 1.73 bits per heavy atom. The molecule has 0 spiro atoms. The summed E-state index contributed by atoms with van der Waals surface area (Å²) < 4.78 is 0. The first kappa shape index (κ1) is 12.1. The van der Waals surface area contributed by atoms with Crippen LogP contribution in [0.25, 0.3) is 0 Å². The van der Waals surface area contributed by atoms with Crippen LogP contribution in [0.1, 0.15) is 39.0 Å². The average Bonchev–Trinajstić information content (AvgIpc) is 2.17. The van der Waals surface area contributed by atoms with E-state index in [2.05, 4.69) is 0 Å². The second-order valence-corrected chi connectivity index (χ2v) is 4.36. The molecule has 0 radical (unpaired) electrons. The van der Waals surface area contributed by atoms with Crippen molar-refractivity contribution in [2.45, 2.75) is 50.2 Å². The van der Waals surface area contributed by atoms with Gasteiger partial charge in [-0.2, -0.15) is 0 Å². The lowest BCUT2D eigenvalue weighted by Gasteiger charge is -2.34. The van der Waals surface area contributed by atoms with Crippen molar-refractivity contribution in [3.05, 3.63) is 0 Å². The van der Waals surface area contributed by atoms with Crippen molar-refractivity contribution in [3.8, 4) is 0 Å². The van der Waals surface area contributed by atoms with Crippen molar-refractivity contribution in [1.29, 1.82) is 0 Å². The van der Waals surface area contributed by atoms with Crippen LogP contribution in [-0.2, 0) is 9.59 Å². The molecule has 86 valence electrons. The van der Waals surface area contributed by atoms with Crippen LogP contribution in [0.3, 0.4) is 0 Å². The Morgan fingerprint density at radius 1 is 1.27 bits per heavy atom. The van der Waals surface area contributed by atoms with Crippen molar-refractivity contribution < 1.29 is 19.8 Å². The number of nitrogens with two attached hydrogens (primary N) is 1. The summed E-state index contributed by atoms with van der Waals surface area (Å²) in [5.41, 5.74) is 1.06. The zero-order chi connectivity index (χ0) is 11.7.